The first-order chi connectivity index (χ1) is 7.97. The van der Waals surface area contributed by atoms with Gasteiger partial charge in [-0.05, 0) is 45.2 Å². The van der Waals surface area contributed by atoms with Crippen LogP contribution in [0.1, 0.15) is 39.2 Å². The summed E-state index contributed by atoms with van der Waals surface area (Å²) in [6.45, 7) is 7.57. The monoisotopic (exact) mass is 232 g/mol. The van der Waals surface area contributed by atoms with Gasteiger partial charge in [0.1, 0.15) is 0 Å². The van der Waals surface area contributed by atoms with Crippen molar-refractivity contribution in [1.82, 2.24) is 5.32 Å². The second kappa shape index (κ2) is 4.69. The van der Waals surface area contributed by atoms with E-state index in [1.807, 2.05) is 0 Å². The lowest BCUT2D eigenvalue weighted by molar-refractivity contribution is 0.424. The number of rotatable bonds is 4. The van der Waals surface area contributed by atoms with E-state index in [2.05, 4.69) is 62.3 Å². The lowest BCUT2D eigenvalue weighted by Crippen LogP contribution is -2.35. The van der Waals surface area contributed by atoms with Crippen molar-refractivity contribution in [2.24, 2.45) is 0 Å². The van der Waals surface area contributed by atoms with Crippen LogP contribution in [0.5, 0.6) is 0 Å². The molecule has 0 aliphatic heterocycles. The topological polar surface area (TPSA) is 15.3 Å². The van der Waals surface area contributed by atoms with E-state index in [-0.39, 0.29) is 5.54 Å². The molecule has 2 heteroatoms. The lowest BCUT2D eigenvalue weighted by Gasteiger charge is -2.25. The maximum Gasteiger partial charge on any atom is 0.0411 e. The van der Waals surface area contributed by atoms with Crippen LogP contribution in [0.4, 0.5) is 5.69 Å². The van der Waals surface area contributed by atoms with E-state index in [9.17, 15) is 0 Å². The van der Waals surface area contributed by atoms with Crippen molar-refractivity contribution >= 4 is 5.69 Å². The maximum atomic E-state index is 3.57. The normalized spacial score (nSPS) is 16.0. The Morgan fingerprint density at radius 2 is 1.88 bits per heavy atom. The van der Waals surface area contributed by atoms with Crippen molar-refractivity contribution in [3.63, 3.8) is 0 Å². The van der Waals surface area contributed by atoms with E-state index < -0.39 is 0 Å². The third-order valence-electron chi connectivity index (χ3n) is 3.28. The molecule has 0 heterocycles. The molecule has 2 nitrogen and oxygen atoms in total. The highest BCUT2D eigenvalue weighted by molar-refractivity contribution is 5.54. The summed E-state index contributed by atoms with van der Waals surface area (Å²) < 4.78 is 0. The Labute approximate surface area is 105 Å². The van der Waals surface area contributed by atoms with Crippen molar-refractivity contribution in [3.05, 3.63) is 29.8 Å². The quantitative estimate of drug-likeness (QED) is 0.857. The Kier molecular flexibility index (Phi) is 3.43. The van der Waals surface area contributed by atoms with Gasteiger partial charge in [-0.15, -0.1) is 0 Å². The van der Waals surface area contributed by atoms with Gasteiger partial charge in [-0.3, -0.25) is 0 Å². The van der Waals surface area contributed by atoms with Crippen LogP contribution >= 0.6 is 0 Å². The summed E-state index contributed by atoms with van der Waals surface area (Å²) in [6, 6.07) is 9.50. The molecule has 1 N–H and O–H groups in total. The summed E-state index contributed by atoms with van der Waals surface area (Å²) in [7, 11) is 2.22. The van der Waals surface area contributed by atoms with Gasteiger partial charge in [0, 0.05) is 30.9 Å². The fraction of sp³-hybridized carbons (Fsp3) is 0.600. The average Bonchev–Trinajstić information content (AvgIpc) is 3.08. The first-order valence-electron chi connectivity index (χ1n) is 6.53. The highest BCUT2D eigenvalue weighted by atomic mass is 15.2. The van der Waals surface area contributed by atoms with Crippen LogP contribution in [-0.2, 0) is 6.54 Å². The fourth-order valence-corrected chi connectivity index (χ4v) is 2.02. The first-order valence-corrected chi connectivity index (χ1v) is 6.53. The van der Waals surface area contributed by atoms with Crippen LogP contribution in [0.15, 0.2) is 24.3 Å². The minimum atomic E-state index is 0.172. The van der Waals surface area contributed by atoms with Gasteiger partial charge in [-0.25, -0.2) is 0 Å². The molecule has 0 spiro atoms. The second-order valence-corrected chi connectivity index (χ2v) is 6.07. The van der Waals surface area contributed by atoms with Crippen LogP contribution < -0.4 is 10.2 Å². The predicted octanol–water partition coefficient (Wildman–Crippen LogP) is 3.17. The fourth-order valence-electron chi connectivity index (χ4n) is 2.02. The Morgan fingerprint density at radius 3 is 2.47 bits per heavy atom. The van der Waals surface area contributed by atoms with Crippen molar-refractivity contribution in [3.8, 4) is 0 Å². The van der Waals surface area contributed by atoms with Crippen molar-refractivity contribution in [1.29, 1.82) is 0 Å². The molecule has 1 aliphatic carbocycles. The van der Waals surface area contributed by atoms with Gasteiger partial charge in [0.05, 0.1) is 0 Å². The van der Waals surface area contributed by atoms with E-state index in [4.69, 9.17) is 0 Å². The molecule has 1 aliphatic rings. The molecule has 94 valence electrons. The molecule has 1 fully saturated rings. The largest absolute Gasteiger partial charge is 0.371 e. The number of hydrogen-bond donors (Lipinski definition) is 1. The van der Waals surface area contributed by atoms with Crippen LogP contribution in [-0.4, -0.2) is 18.6 Å². The van der Waals surface area contributed by atoms with Gasteiger partial charge >= 0.3 is 0 Å². The molecular weight excluding hydrogens is 208 g/mol. The van der Waals surface area contributed by atoms with Gasteiger partial charge in [0.15, 0.2) is 0 Å². The lowest BCUT2D eigenvalue weighted by atomic mass is 10.1. The number of benzene rings is 1. The van der Waals surface area contributed by atoms with Crippen molar-refractivity contribution in [2.45, 2.75) is 51.7 Å². The Bertz CT molecular complexity index is 375. The van der Waals surface area contributed by atoms with Crippen LogP contribution in [0.3, 0.4) is 0 Å². The smallest absolute Gasteiger partial charge is 0.0411 e. The molecule has 0 atom stereocenters. The molecule has 0 saturated heterocycles. The van der Waals surface area contributed by atoms with Crippen molar-refractivity contribution in [2.75, 3.05) is 11.9 Å². The zero-order chi connectivity index (χ0) is 12.5. The van der Waals surface area contributed by atoms with Crippen LogP contribution in [0.2, 0.25) is 0 Å². The number of hydrogen-bond acceptors (Lipinski definition) is 2. The molecular formula is C15H24N2. The zero-order valence-electron chi connectivity index (χ0n) is 11.5. The Hall–Kier alpha value is -1.02. The molecule has 1 aromatic carbocycles. The van der Waals surface area contributed by atoms with Gasteiger partial charge in [0.25, 0.3) is 0 Å². The number of nitrogens with zero attached hydrogens (tertiary/aromatic N) is 1. The van der Waals surface area contributed by atoms with Crippen LogP contribution in [0.25, 0.3) is 0 Å². The van der Waals surface area contributed by atoms with Gasteiger partial charge in [0.2, 0.25) is 0 Å². The average molecular weight is 232 g/mol. The zero-order valence-corrected chi connectivity index (χ0v) is 11.5. The van der Waals surface area contributed by atoms with E-state index in [0.717, 1.165) is 12.6 Å². The maximum absolute atomic E-state index is 3.57. The second-order valence-electron chi connectivity index (χ2n) is 6.07. The molecule has 0 unspecified atom stereocenters. The number of nitrogens with one attached hydrogen (secondary N) is 1. The summed E-state index contributed by atoms with van der Waals surface area (Å²) in [5.74, 6) is 0. The predicted molar refractivity (Wildman–Crippen MR) is 74.5 cm³/mol. The van der Waals surface area contributed by atoms with Crippen LogP contribution in [0, 0.1) is 0 Å². The third kappa shape index (κ3) is 3.47. The third-order valence-corrected chi connectivity index (χ3v) is 3.28. The molecule has 2 rings (SSSR count). The highest BCUT2D eigenvalue weighted by Crippen LogP contribution is 2.32. The van der Waals surface area contributed by atoms with Crippen molar-refractivity contribution < 1.29 is 0 Å². The van der Waals surface area contributed by atoms with E-state index in [0.29, 0.717) is 0 Å². The molecule has 0 radical (unpaired) electrons. The minimum absolute atomic E-state index is 0.172. The molecule has 1 saturated carbocycles. The van der Waals surface area contributed by atoms with Gasteiger partial charge in [-0.1, -0.05) is 18.2 Å². The number of para-hydroxylation sites is 1. The summed E-state index contributed by atoms with van der Waals surface area (Å²) in [6.07, 6.45) is 2.69. The molecule has 1 aromatic rings. The summed E-state index contributed by atoms with van der Waals surface area (Å²) in [4.78, 5) is 2.43. The summed E-state index contributed by atoms with van der Waals surface area (Å²) in [5.41, 5.74) is 2.95. The molecule has 0 amide bonds. The highest BCUT2D eigenvalue weighted by Gasteiger charge is 2.27. The molecule has 0 bridgehead atoms. The summed E-state index contributed by atoms with van der Waals surface area (Å²) >= 11 is 0. The first kappa shape index (κ1) is 12.4. The minimum Gasteiger partial charge on any atom is -0.371 e. The Balaban J connectivity index is 2.10. The molecule has 17 heavy (non-hydrogen) atoms. The van der Waals surface area contributed by atoms with E-state index >= 15 is 0 Å². The number of anilines is 1. The van der Waals surface area contributed by atoms with E-state index in [1.54, 1.807) is 0 Å². The standard InChI is InChI=1S/C15H24N2/c1-15(2,3)16-11-12-7-5-6-8-14(12)17(4)13-9-10-13/h5-8,13,16H,9-11H2,1-4H3. The van der Waals surface area contributed by atoms with Gasteiger partial charge < -0.3 is 10.2 Å². The summed E-state index contributed by atoms with van der Waals surface area (Å²) in [5, 5.41) is 3.57. The Morgan fingerprint density at radius 1 is 1.24 bits per heavy atom. The van der Waals surface area contributed by atoms with Gasteiger partial charge in [-0.2, -0.15) is 0 Å². The van der Waals surface area contributed by atoms with E-state index in [1.165, 1.54) is 24.1 Å². The SMILES string of the molecule is CN(c1ccccc1CNC(C)(C)C)C1CC1. The molecule has 0 aromatic heterocycles.